The number of esters is 3. The third-order valence-corrected chi connectivity index (χ3v) is 11.6. The van der Waals surface area contributed by atoms with Gasteiger partial charge in [0, 0.05) is 0 Å². The molecule has 2 fully saturated rings. The standard InChI is InChI=1S/C50H49Cl4NO15/c1-61-46(58)44-42(41(64-27-31-15-7-3-8-16-31)43(47(59)69-44)68-45(57)34-18-9-4-10-19-34)70-48-38(55-49(60)65-29-50(52,53)54)40(63-26-30-13-5-2-6-14-30)39(67-37(56)24-51)36(66-48)28-62-25-32-21-22-33-17-11-12-20-35(33)23-32/h2-23,36,38-44,47-48,59H,24-29H2,1H3,(H,55,60)/t36-,38-,39-,40-,41+,42+,43-,44+,47+,48-/m1/s1. The van der Waals surface area contributed by atoms with E-state index in [4.69, 9.17) is 93.8 Å². The van der Waals surface area contributed by atoms with Gasteiger partial charge in [0.1, 0.15) is 42.9 Å². The molecule has 0 aliphatic carbocycles. The first-order valence-electron chi connectivity index (χ1n) is 21.9. The normalized spacial score (nSPS) is 24.5. The van der Waals surface area contributed by atoms with E-state index in [2.05, 4.69) is 5.32 Å². The molecule has 10 atom stereocenters. The highest BCUT2D eigenvalue weighted by atomic mass is 35.6. The van der Waals surface area contributed by atoms with E-state index in [1.165, 1.54) is 12.1 Å². The van der Waals surface area contributed by atoms with Crippen LogP contribution in [0.4, 0.5) is 4.79 Å². The Balaban J connectivity index is 1.30. The molecule has 16 nitrogen and oxygen atoms in total. The molecule has 372 valence electrons. The molecule has 0 unspecified atom stereocenters. The molecule has 2 aliphatic heterocycles. The molecule has 2 heterocycles. The van der Waals surface area contributed by atoms with Gasteiger partial charge in [-0.1, -0.05) is 150 Å². The number of benzene rings is 5. The Kier molecular flexibility index (Phi) is 19.1. The SMILES string of the molecule is COC(=O)[C@H]1O[C@H](O)[C@H](OC(=O)c2ccccc2)[C@@H](OCc2ccccc2)[C@@H]1O[C@H]1O[C@H](COCc2ccc3ccccc3c2)[C@@H](OC(=O)CCl)[C@H](OCc2ccccc2)[C@H]1NC(=O)OCC(Cl)(Cl)Cl. The van der Waals surface area contributed by atoms with Crippen molar-refractivity contribution in [2.24, 2.45) is 0 Å². The first kappa shape index (κ1) is 52.7. The van der Waals surface area contributed by atoms with E-state index in [1.54, 1.807) is 72.8 Å². The van der Waals surface area contributed by atoms with Gasteiger partial charge in [-0.25, -0.2) is 14.4 Å². The highest BCUT2D eigenvalue weighted by Crippen LogP contribution is 2.35. The number of fused-ring (bicyclic) bond motifs is 1. The van der Waals surface area contributed by atoms with Crippen LogP contribution in [0.3, 0.4) is 0 Å². The minimum absolute atomic E-state index is 0.0651. The average molecular weight is 1050 g/mol. The molecule has 1 amide bonds. The number of amides is 1. The number of carbonyl (C=O) groups excluding carboxylic acids is 4. The van der Waals surface area contributed by atoms with Crippen LogP contribution in [-0.4, -0.2) is 120 Å². The van der Waals surface area contributed by atoms with Gasteiger partial charge in [-0.2, -0.15) is 0 Å². The van der Waals surface area contributed by atoms with Gasteiger partial charge in [0.05, 0.1) is 39.1 Å². The molecule has 0 bridgehead atoms. The predicted molar refractivity (Wildman–Crippen MR) is 255 cm³/mol. The lowest BCUT2D eigenvalue weighted by atomic mass is 9.94. The minimum Gasteiger partial charge on any atom is -0.467 e. The molecule has 2 N–H and O–H groups in total. The van der Waals surface area contributed by atoms with Crippen molar-refractivity contribution in [3.05, 3.63) is 156 Å². The molecule has 5 aromatic carbocycles. The van der Waals surface area contributed by atoms with Gasteiger partial charge >= 0.3 is 24.0 Å². The van der Waals surface area contributed by atoms with Crippen molar-refractivity contribution in [1.82, 2.24) is 5.32 Å². The number of methoxy groups -OCH3 is 1. The smallest absolute Gasteiger partial charge is 0.407 e. The van der Waals surface area contributed by atoms with Crippen molar-refractivity contribution < 1.29 is 71.7 Å². The lowest BCUT2D eigenvalue weighted by Gasteiger charge is -2.49. The molecule has 5 aromatic rings. The van der Waals surface area contributed by atoms with Crippen LogP contribution in [0.1, 0.15) is 27.0 Å². The second-order valence-electron chi connectivity index (χ2n) is 16.0. The third-order valence-electron chi connectivity index (χ3n) is 11.1. The Morgan fingerprint density at radius 1 is 0.671 bits per heavy atom. The van der Waals surface area contributed by atoms with Crippen LogP contribution in [0.5, 0.6) is 0 Å². The molecular formula is C50H49Cl4NO15. The topological polar surface area (TPSA) is 193 Å². The molecule has 70 heavy (non-hydrogen) atoms. The Morgan fingerprint density at radius 3 is 1.91 bits per heavy atom. The van der Waals surface area contributed by atoms with Crippen molar-refractivity contribution in [3.63, 3.8) is 0 Å². The first-order chi connectivity index (χ1) is 33.8. The highest BCUT2D eigenvalue weighted by molar-refractivity contribution is 6.67. The molecule has 7 rings (SSSR count). The molecular weight excluding hydrogens is 996 g/mol. The van der Waals surface area contributed by atoms with Crippen LogP contribution in [0.2, 0.25) is 0 Å². The van der Waals surface area contributed by atoms with E-state index in [1.807, 2.05) is 48.5 Å². The minimum atomic E-state index is -2.03. The third kappa shape index (κ3) is 14.5. The number of carbonyl (C=O) groups is 4. The highest BCUT2D eigenvalue weighted by Gasteiger charge is 2.57. The fraction of sp³-hybridized carbons (Fsp3) is 0.360. The summed E-state index contributed by atoms with van der Waals surface area (Å²) in [6, 6.07) is 37.8. The summed E-state index contributed by atoms with van der Waals surface area (Å²) in [4.78, 5) is 54.4. The van der Waals surface area contributed by atoms with Crippen LogP contribution in [0.15, 0.2) is 133 Å². The van der Waals surface area contributed by atoms with Crippen molar-refractivity contribution in [2.75, 3.05) is 26.2 Å². The Morgan fingerprint density at radius 2 is 1.29 bits per heavy atom. The van der Waals surface area contributed by atoms with Gasteiger partial charge < -0.3 is 57.8 Å². The second-order valence-corrected chi connectivity index (χ2v) is 18.8. The number of rotatable bonds is 19. The number of ether oxygens (including phenoxy) is 10. The number of hydrogen-bond acceptors (Lipinski definition) is 15. The van der Waals surface area contributed by atoms with Gasteiger partial charge in [-0.3, -0.25) is 4.79 Å². The Hall–Kier alpha value is -5.08. The maximum absolute atomic E-state index is 13.8. The monoisotopic (exact) mass is 1040 g/mol. The largest absolute Gasteiger partial charge is 0.467 e. The molecule has 2 saturated heterocycles. The fourth-order valence-corrected chi connectivity index (χ4v) is 8.05. The van der Waals surface area contributed by atoms with E-state index in [0.717, 1.165) is 23.4 Å². The van der Waals surface area contributed by atoms with Crippen LogP contribution in [-0.2, 0) is 76.8 Å². The van der Waals surface area contributed by atoms with Gasteiger partial charge in [0.2, 0.25) is 3.79 Å². The summed E-state index contributed by atoms with van der Waals surface area (Å²) in [6.45, 7) is -1.21. The van der Waals surface area contributed by atoms with Gasteiger partial charge in [0.15, 0.2) is 30.9 Å². The molecule has 0 spiro atoms. The zero-order chi connectivity index (χ0) is 49.6. The fourth-order valence-electron chi connectivity index (χ4n) is 7.83. The molecule has 0 radical (unpaired) electrons. The van der Waals surface area contributed by atoms with Crippen molar-refractivity contribution in [1.29, 1.82) is 0 Å². The van der Waals surface area contributed by atoms with E-state index in [-0.39, 0.29) is 32.0 Å². The van der Waals surface area contributed by atoms with Crippen LogP contribution in [0.25, 0.3) is 10.8 Å². The average Bonchev–Trinajstić information content (AvgIpc) is 3.37. The molecule has 0 saturated carbocycles. The number of alkyl carbamates (subject to hydrolysis) is 1. The van der Waals surface area contributed by atoms with E-state index < -0.39 is 102 Å². The summed E-state index contributed by atoms with van der Waals surface area (Å²) >= 11 is 23.9. The summed E-state index contributed by atoms with van der Waals surface area (Å²) in [5.41, 5.74) is 2.25. The van der Waals surface area contributed by atoms with Crippen molar-refractivity contribution in [3.8, 4) is 0 Å². The van der Waals surface area contributed by atoms with Crippen LogP contribution < -0.4 is 5.32 Å². The summed E-state index contributed by atoms with van der Waals surface area (Å²) in [6.07, 6.45) is -15.6. The molecule has 0 aromatic heterocycles. The quantitative estimate of drug-likeness (QED) is 0.0473. The van der Waals surface area contributed by atoms with Crippen LogP contribution >= 0.6 is 46.4 Å². The van der Waals surface area contributed by atoms with Crippen molar-refractivity contribution in [2.45, 2.75) is 85.0 Å². The zero-order valence-corrected chi connectivity index (χ0v) is 40.4. The number of aliphatic hydroxyl groups is 1. The summed E-state index contributed by atoms with van der Waals surface area (Å²) in [7, 11) is 1.09. The number of halogens is 4. The maximum Gasteiger partial charge on any atom is 0.407 e. The predicted octanol–water partition coefficient (Wildman–Crippen LogP) is 7.37. The van der Waals surface area contributed by atoms with Crippen molar-refractivity contribution >= 4 is 81.2 Å². The van der Waals surface area contributed by atoms with E-state index >= 15 is 0 Å². The van der Waals surface area contributed by atoms with E-state index in [0.29, 0.717) is 11.1 Å². The van der Waals surface area contributed by atoms with Gasteiger partial charge in [-0.15, -0.1) is 11.6 Å². The zero-order valence-electron chi connectivity index (χ0n) is 37.4. The van der Waals surface area contributed by atoms with E-state index in [9.17, 15) is 24.3 Å². The summed E-state index contributed by atoms with van der Waals surface area (Å²) in [5, 5.41) is 16.2. The van der Waals surface area contributed by atoms with Gasteiger partial charge in [-0.05, 0) is 45.7 Å². The molecule has 20 heteroatoms. The van der Waals surface area contributed by atoms with Crippen LogP contribution in [0, 0.1) is 0 Å². The lowest BCUT2D eigenvalue weighted by molar-refractivity contribution is -0.343. The number of aliphatic hydroxyl groups excluding tert-OH is 1. The number of hydrogen-bond donors (Lipinski definition) is 2. The maximum atomic E-state index is 13.8. The number of alkyl halides is 4. The lowest BCUT2D eigenvalue weighted by Crippen LogP contribution is -2.69. The Bertz CT molecular complexity index is 2490. The summed E-state index contributed by atoms with van der Waals surface area (Å²) < 4.78 is 58.8. The summed E-state index contributed by atoms with van der Waals surface area (Å²) in [5.74, 6) is -3.36. The first-order valence-corrected chi connectivity index (χ1v) is 23.6. The number of nitrogens with one attached hydrogen (secondary N) is 1. The van der Waals surface area contributed by atoms with Gasteiger partial charge in [0.25, 0.3) is 0 Å². The molecule has 2 aliphatic rings. The Labute approximate surface area is 423 Å². The second kappa shape index (κ2) is 25.3.